The molecule has 0 fully saturated rings. The van der Waals surface area contributed by atoms with Gasteiger partial charge in [0.25, 0.3) is 0 Å². The molecule has 0 unspecified atom stereocenters. The highest BCUT2D eigenvalue weighted by Crippen LogP contribution is 2.39. The largest absolute Gasteiger partial charge is 0.426 e. The summed E-state index contributed by atoms with van der Waals surface area (Å²) in [6, 6.07) is 5.91. The van der Waals surface area contributed by atoms with Gasteiger partial charge in [0.05, 0.1) is 12.0 Å². The lowest BCUT2D eigenvalue weighted by atomic mass is 9.96. The second-order valence-electron chi connectivity index (χ2n) is 9.64. The summed E-state index contributed by atoms with van der Waals surface area (Å²) in [5, 5.41) is 0.0888. The molecule has 158 valence electrons. The molecule has 1 aromatic rings. The van der Waals surface area contributed by atoms with Crippen molar-refractivity contribution in [3.05, 3.63) is 42.0 Å². The first-order chi connectivity index (χ1) is 12.8. The summed E-state index contributed by atoms with van der Waals surface area (Å²) >= 11 is 0. The predicted octanol–water partition coefficient (Wildman–Crippen LogP) is 6.84. The van der Waals surface area contributed by atoms with Gasteiger partial charge in [0.15, 0.2) is 8.32 Å². The maximum absolute atomic E-state index is 13.0. The molecule has 3 atom stereocenters. The van der Waals surface area contributed by atoms with E-state index in [2.05, 4.69) is 47.4 Å². The van der Waals surface area contributed by atoms with Gasteiger partial charge in [-0.1, -0.05) is 52.0 Å². The Morgan fingerprint density at radius 3 is 2.14 bits per heavy atom. The molecule has 0 N–H and O–H groups in total. The Morgan fingerprint density at radius 1 is 1.14 bits per heavy atom. The molecule has 0 bridgehead atoms. The Morgan fingerprint density at radius 2 is 1.68 bits per heavy atom. The van der Waals surface area contributed by atoms with Crippen LogP contribution in [0, 0.1) is 25.7 Å². The second kappa shape index (κ2) is 9.88. The molecule has 0 saturated carbocycles. The van der Waals surface area contributed by atoms with Crippen LogP contribution in [-0.4, -0.2) is 20.4 Å². The zero-order chi connectivity index (χ0) is 21.7. The van der Waals surface area contributed by atoms with Crippen molar-refractivity contribution in [1.29, 1.82) is 0 Å². The molecule has 0 radical (unpaired) electrons. The first kappa shape index (κ1) is 24.6. The topological polar surface area (TPSA) is 35.5 Å². The van der Waals surface area contributed by atoms with Gasteiger partial charge in [-0.25, -0.2) is 0 Å². The lowest BCUT2D eigenvalue weighted by Gasteiger charge is -2.40. The maximum Gasteiger partial charge on any atom is 0.316 e. The van der Waals surface area contributed by atoms with E-state index in [-0.39, 0.29) is 23.0 Å². The Kier molecular flexibility index (Phi) is 8.70. The fraction of sp³-hybridized carbons (Fsp3) is 0.625. The molecule has 3 nitrogen and oxygen atoms in total. The van der Waals surface area contributed by atoms with Gasteiger partial charge in [0.1, 0.15) is 5.75 Å². The number of carbonyl (C=O) groups is 1. The molecule has 28 heavy (non-hydrogen) atoms. The Labute approximate surface area is 173 Å². The molecular weight excluding hydrogens is 364 g/mol. The number of esters is 1. The maximum atomic E-state index is 13.0. The van der Waals surface area contributed by atoms with Crippen LogP contribution in [0.5, 0.6) is 5.75 Å². The quantitative estimate of drug-likeness (QED) is 0.196. The minimum absolute atomic E-state index is 0.0888. The molecule has 1 rings (SSSR count). The summed E-state index contributed by atoms with van der Waals surface area (Å²) in [4.78, 5) is 13.0. The normalized spacial score (nSPS) is 15.6. The molecule has 0 heterocycles. The number of aryl methyl sites for hydroxylation is 2. The zero-order valence-corrected chi connectivity index (χ0v) is 20.4. The number of para-hydroxylation sites is 1. The fourth-order valence-corrected chi connectivity index (χ4v) is 4.25. The van der Waals surface area contributed by atoms with Crippen LogP contribution in [0.4, 0.5) is 0 Å². The van der Waals surface area contributed by atoms with Crippen LogP contribution in [-0.2, 0) is 9.22 Å². The van der Waals surface area contributed by atoms with Crippen LogP contribution in [0.25, 0.3) is 0 Å². The van der Waals surface area contributed by atoms with Crippen molar-refractivity contribution in [1.82, 2.24) is 0 Å². The van der Waals surface area contributed by atoms with E-state index in [1.165, 1.54) is 0 Å². The molecular formula is C24H40O3Si. The minimum atomic E-state index is -2.01. The van der Waals surface area contributed by atoms with Gasteiger partial charge in [-0.05, 0) is 68.8 Å². The van der Waals surface area contributed by atoms with Crippen LogP contribution in [0.3, 0.4) is 0 Å². The summed E-state index contributed by atoms with van der Waals surface area (Å²) in [5.41, 5.74) is 1.95. The number of carbonyl (C=O) groups excluding carboxylic acids is 1. The van der Waals surface area contributed by atoms with E-state index in [1.54, 1.807) is 0 Å². The van der Waals surface area contributed by atoms with Crippen LogP contribution in [0.1, 0.15) is 58.6 Å². The van der Waals surface area contributed by atoms with E-state index in [1.807, 2.05) is 45.0 Å². The van der Waals surface area contributed by atoms with Crippen LogP contribution < -0.4 is 4.74 Å². The summed E-state index contributed by atoms with van der Waals surface area (Å²) in [7, 11) is -2.01. The third-order valence-corrected chi connectivity index (χ3v) is 10.6. The average molecular weight is 405 g/mol. The van der Waals surface area contributed by atoms with E-state index in [0.717, 1.165) is 24.0 Å². The smallest absolute Gasteiger partial charge is 0.316 e. The van der Waals surface area contributed by atoms with Crippen molar-refractivity contribution in [2.75, 3.05) is 0 Å². The first-order valence-electron chi connectivity index (χ1n) is 10.4. The number of rotatable bonds is 9. The molecule has 0 aliphatic rings. The van der Waals surface area contributed by atoms with Crippen LogP contribution in [0.15, 0.2) is 30.9 Å². The SMILES string of the molecule is C=C[C@@H](C)CC[C@H](O[Si](C)(C)C(C)(C)C)[C@H](C)C(=O)Oc1c(C)cccc1C. The van der Waals surface area contributed by atoms with Gasteiger partial charge in [0.2, 0.25) is 0 Å². The molecule has 1 aromatic carbocycles. The number of hydrogen-bond donors (Lipinski definition) is 0. The Bertz CT molecular complexity index is 653. The Hall–Kier alpha value is -1.39. The number of hydrogen-bond acceptors (Lipinski definition) is 3. The first-order valence-corrected chi connectivity index (χ1v) is 13.3. The molecule has 0 aliphatic heterocycles. The third kappa shape index (κ3) is 6.59. The minimum Gasteiger partial charge on any atom is -0.426 e. The average Bonchev–Trinajstić information content (AvgIpc) is 2.59. The summed E-state index contributed by atoms with van der Waals surface area (Å²) in [5.74, 6) is 0.523. The lowest BCUT2D eigenvalue weighted by Crippen LogP contribution is -2.47. The molecule has 4 heteroatoms. The van der Waals surface area contributed by atoms with Gasteiger partial charge in [-0.3, -0.25) is 4.79 Å². The molecule has 0 aliphatic carbocycles. The fourth-order valence-electron chi connectivity index (χ4n) is 2.82. The third-order valence-electron chi connectivity index (χ3n) is 6.10. The van der Waals surface area contributed by atoms with Gasteiger partial charge in [0, 0.05) is 0 Å². The molecule has 0 aromatic heterocycles. The van der Waals surface area contributed by atoms with E-state index in [9.17, 15) is 4.79 Å². The van der Waals surface area contributed by atoms with Crippen molar-refractivity contribution in [2.45, 2.75) is 85.5 Å². The van der Waals surface area contributed by atoms with Gasteiger partial charge < -0.3 is 9.16 Å². The molecule has 0 amide bonds. The summed E-state index contributed by atoms with van der Waals surface area (Å²) in [6.07, 6.45) is 3.58. The van der Waals surface area contributed by atoms with Gasteiger partial charge >= 0.3 is 5.97 Å². The Balaban J connectivity index is 3.03. The van der Waals surface area contributed by atoms with Crippen molar-refractivity contribution in [3.63, 3.8) is 0 Å². The van der Waals surface area contributed by atoms with Crippen molar-refractivity contribution < 1.29 is 14.0 Å². The molecule has 0 saturated heterocycles. The van der Waals surface area contributed by atoms with Crippen LogP contribution >= 0.6 is 0 Å². The summed E-state index contributed by atoms with van der Waals surface area (Å²) < 4.78 is 12.5. The van der Waals surface area contributed by atoms with E-state index >= 15 is 0 Å². The summed E-state index contributed by atoms with van der Waals surface area (Å²) in [6.45, 7) is 23.1. The van der Waals surface area contributed by atoms with Crippen LogP contribution in [0.2, 0.25) is 18.1 Å². The predicted molar refractivity (Wildman–Crippen MR) is 121 cm³/mol. The number of benzene rings is 1. The van der Waals surface area contributed by atoms with E-state index in [0.29, 0.717) is 11.7 Å². The van der Waals surface area contributed by atoms with E-state index < -0.39 is 8.32 Å². The number of ether oxygens (including phenoxy) is 1. The second-order valence-corrected chi connectivity index (χ2v) is 14.4. The standard InChI is InChI=1S/C24H40O3Si/c1-11-17(2)15-16-21(27-28(9,10)24(6,7)8)20(5)23(25)26-22-18(3)13-12-14-19(22)4/h11-14,17,20-21H,1,15-16H2,2-10H3/t17-,20+,21+/m1/s1. The highest BCUT2D eigenvalue weighted by molar-refractivity contribution is 6.74. The lowest BCUT2D eigenvalue weighted by molar-refractivity contribution is -0.141. The number of allylic oxidation sites excluding steroid dienone is 1. The van der Waals surface area contributed by atoms with Gasteiger partial charge in [-0.2, -0.15) is 0 Å². The highest BCUT2D eigenvalue weighted by Gasteiger charge is 2.41. The van der Waals surface area contributed by atoms with Crippen molar-refractivity contribution in [2.24, 2.45) is 11.8 Å². The zero-order valence-electron chi connectivity index (χ0n) is 19.4. The monoisotopic (exact) mass is 404 g/mol. The van der Waals surface area contributed by atoms with E-state index in [4.69, 9.17) is 9.16 Å². The van der Waals surface area contributed by atoms with Crippen molar-refractivity contribution in [3.8, 4) is 5.75 Å². The molecule has 0 spiro atoms. The highest BCUT2D eigenvalue weighted by atomic mass is 28.4. The van der Waals surface area contributed by atoms with Crippen molar-refractivity contribution >= 4 is 14.3 Å². The van der Waals surface area contributed by atoms with Gasteiger partial charge in [-0.15, -0.1) is 6.58 Å².